The maximum Gasteiger partial charge on any atom is 0.151 e. The lowest BCUT2D eigenvalue weighted by Gasteiger charge is -2.35. The van der Waals surface area contributed by atoms with E-state index in [4.69, 9.17) is 0 Å². The minimum Gasteiger partial charge on any atom is -0.315 e. The smallest absolute Gasteiger partial charge is 0.151 e. The first-order chi connectivity index (χ1) is 8.66. The first kappa shape index (κ1) is 13.4. The van der Waals surface area contributed by atoms with Gasteiger partial charge in [0.1, 0.15) is 0 Å². The van der Waals surface area contributed by atoms with Crippen LogP contribution in [-0.2, 0) is 6.54 Å². The van der Waals surface area contributed by atoms with Crippen molar-refractivity contribution in [2.24, 2.45) is 0 Å². The van der Waals surface area contributed by atoms with Gasteiger partial charge in [0, 0.05) is 31.0 Å². The van der Waals surface area contributed by atoms with Gasteiger partial charge in [0.25, 0.3) is 0 Å². The molecule has 1 saturated heterocycles. The number of piperidine rings is 1. The number of nitrogens with zero attached hydrogens (tertiary/aromatic N) is 2. The van der Waals surface area contributed by atoms with Crippen LogP contribution in [-0.4, -0.2) is 35.3 Å². The normalized spacial score (nSPS) is 22.1. The predicted molar refractivity (Wildman–Crippen MR) is 71.0 cm³/mol. The second-order valence-corrected chi connectivity index (χ2v) is 5.05. The average Bonchev–Trinajstić information content (AvgIpc) is 2.37. The van der Waals surface area contributed by atoms with Gasteiger partial charge in [0.05, 0.1) is 0 Å². The molecule has 3 nitrogen and oxygen atoms in total. The van der Waals surface area contributed by atoms with Crippen molar-refractivity contribution in [3.8, 4) is 0 Å². The van der Waals surface area contributed by atoms with Gasteiger partial charge in [-0.1, -0.05) is 0 Å². The summed E-state index contributed by atoms with van der Waals surface area (Å²) >= 11 is 0. The van der Waals surface area contributed by atoms with Crippen LogP contribution >= 0.6 is 0 Å². The van der Waals surface area contributed by atoms with Crippen molar-refractivity contribution in [2.75, 3.05) is 13.1 Å². The van der Waals surface area contributed by atoms with E-state index in [1.54, 1.807) is 13.1 Å². The Hall–Kier alpha value is -1.00. The Labute approximate surface area is 108 Å². The Morgan fingerprint density at radius 2 is 2.44 bits per heavy atom. The summed E-state index contributed by atoms with van der Waals surface area (Å²) in [7, 11) is 0. The van der Waals surface area contributed by atoms with Crippen LogP contribution in [0.4, 0.5) is 4.39 Å². The summed E-state index contributed by atoms with van der Waals surface area (Å²) in [4.78, 5) is 6.13. The zero-order valence-electron chi connectivity index (χ0n) is 11.2. The average molecular weight is 251 g/mol. The second kappa shape index (κ2) is 6.25. The van der Waals surface area contributed by atoms with Crippen LogP contribution in [0.5, 0.6) is 0 Å². The summed E-state index contributed by atoms with van der Waals surface area (Å²) in [5, 5.41) is 3.35. The first-order valence-corrected chi connectivity index (χ1v) is 6.69. The van der Waals surface area contributed by atoms with E-state index < -0.39 is 6.30 Å². The van der Waals surface area contributed by atoms with Gasteiger partial charge in [0.15, 0.2) is 6.30 Å². The molecule has 2 rings (SSSR count). The Morgan fingerprint density at radius 3 is 3.06 bits per heavy atom. The van der Waals surface area contributed by atoms with Gasteiger partial charge < -0.3 is 5.32 Å². The van der Waals surface area contributed by atoms with Gasteiger partial charge in [-0.05, 0) is 50.9 Å². The fraction of sp³-hybridized carbons (Fsp3) is 0.643. The van der Waals surface area contributed by atoms with Gasteiger partial charge in [-0.2, -0.15) is 0 Å². The highest BCUT2D eigenvalue weighted by Crippen LogP contribution is 2.18. The lowest BCUT2D eigenvalue weighted by atomic mass is 10.0. The van der Waals surface area contributed by atoms with E-state index in [2.05, 4.69) is 10.3 Å². The second-order valence-electron chi connectivity index (χ2n) is 5.05. The molecule has 0 aromatic carbocycles. The number of aromatic nitrogens is 1. The zero-order valence-corrected chi connectivity index (χ0v) is 11.2. The Bertz CT molecular complexity index is 375. The molecule has 1 aliphatic rings. The molecule has 1 aromatic rings. The molecular weight excluding hydrogens is 229 g/mol. The summed E-state index contributed by atoms with van der Waals surface area (Å²) < 4.78 is 13.8. The van der Waals surface area contributed by atoms with Crippen molar-refractivity contribution in [3.63, 3.8) is 0 Å². The summed E-state index contributed by atoms with van der Waals surface area (Å²) in [5.74, 6) is 0. The summed E-state index contributed by atoms with van der Waals surface area (Å²) in [6.45, 7) is 6.20. The van der Waals surface area contributed by atoms with Crippen LogP contribution in [0, 0.1) is 6.92 Å². The van der Waals surface area contributed by atoms with Crippen molar-refractivity contribution in [1.29, 1.82) is 0 Å². The topological polar surface area (TPSA) is 28.2 Å². The summed E-state index contributed by atoms with van der Waals surface area (Å²) in [5.41, 5.74) is 2.12. The molecule has 18 heavy (non-hydrogen) atoms. The molecule has 0 saturated carbocycles. The third-order valence-electron chi connectivity index (χ3n) is 3.52. The van der Waals surface area contributed by atoms with E-state index >= 15 is 0 Å². The van der Waals surface area contributed by atoms with Crippen LogP contribution in [0.1, 0.15) is 31.0 Å². The molecule has 2 atom stereocenters. The monoisotopic (exact) mass is 251 g/mol. The number of aryl methyl sites for hydroxylation is 1. The lowest BCUT2D eigenvalue weighted by Crippen LogP contribution is -2.48. The van der Waals surface area contributed by atoms with E-state index in [9.17, 15) is 4.39 Å². The highest BCUT2D eigenvalue weighted by atomic mass is 19.1. The maximum atomic E-state index is 13.8. The molecule has 0 aliphatic carbocycles. The van der Waals surface area contributed by atoms with Gasteiger partial charge in [-0.25, -0.2) is 4.39 Å². The number of rotatable bonds is 4. The number of hydrogen-bond acceptors (Lipinski definition) is 3. The van der Waals surface area contributed by atoms with Crippen LogP contribution in [0.25, 0.3) is 0 Å². The number of alkyl halides is 1. The third-order valence-corrected chi connectivity index (χ3v) is 3.52. The fourth-order valence-electron chi connectivity index (χ4n) is 2.58. The van der Waals surface area contributed by atoms with E-state index in [0.717, 1.165) is 37.2 Å². The van der Waals surface area contributed by atoms with Crippen molar-refractivity contribution < 1.29 is 4.39 Å². The number of hydrogen-bond donors (Lipinski definition) is 1. The quantitative estimate of drug-likeness (QED) is 0.832. The Balaban J connectivity index is 2.05. The summed E-state index contributed by atoms with van der Waals surface area (Å²) in [6.07, 6.45) is 3.09. The molecular formula is C14H22FN3. The van der Waals surface area contributed by atoms with Crippen molar-refractivity contribution in [3.05, 3.63) is 29.6 Å². The molecule has 0 spiro atoms. The molecule has 1 N–H and O–H groups in total. The Morgan fingerprint density at radius 1 is 1.61 bits per heavy atom. The van der Waals surface area contributed by atoms with E-state index in [0.29, 0.717) is 12.6 Å². The van der Waals surface area contributed by atoms with Crippen LogP contribution in [0.3, 0.4) is 0 Å². The zero-order chi connectivity index (χ0) is 13.0. The predicted octanol–water partition coefficient (Wildman–Crippen LogP) is 2.26. The lowest BCUT2D eigenvalue weighted by molar-refractivity contribution is 0.0356. The molecule has 2 heterocycles. The molecule has 100 valence electrons. The number of pyridine rings is 1. The van der Waals surface area contributed by atoms with Gasteiger partial charge in [-0.3, -0.25) is 9.88 Å². The molecule has 1 aromatic heterocycles. The van der Waals surface area contributed by atoms with Gasteiger partial charge in [0.2, 0.25) is 0 Å². The molecule has 1 fully saturated rings. The van der Waals surface area contributed by atoms with Gasteiger partial charge in [-0.15, -0.1) is 0 Å². The van der Waals surface area contributed by atoms with E-state index in [-0.39, 0.29) is 0 Å². The van der Waals surface area contributed by atoms with Crippen molar-refractivity contribution >= 4 is 0 Å². The largest absolute Gasteiger partial charge is 0.315 e. The first-order valence-electron chi connectivity index (χ1n) is 6.69. The number of halogens is 1. The molecule has 0 radical (unpaired) electrons. The SMILES string of the molecule is Cc1cc(CN(C(C)F)[C@H]2CCCNC2)ccn1. The van der Waals surface area contributed by atoms with Crippen molar-refractivity contribution in [2.45, 2.75) is 45.6 Å². The minimum absolute atomic E-state index is 0.298. The molecule has 0 amide bonds. The van der Waals surface area contributed by atoms with Gasteiger partial charge >= 0.3 is 0 Å². The van der Waals surface area contributed by atoms with E-state index in [1.807, 2.05) is 24.0 Å². The third kappa shape index (κ3) is 3.50. The molecule has 1 aliphatic heterocycles. The minimum atomic E-state index is -0.914. The van der Waals surface area contributed by atoms with E-state index in [1.165, 1.54) is 0 Å². The Kier molecular flexibility index (Phi) is 4.66. The highest BCUT2D eigenvalue weighted by molar-refractivity contribution is 5.15. The molecule has 4 heteroatoms. The molecule has 1 unspecified atom stereocenters. The highest BCUT2D eigenvalue weighted by Gasteiger charge is 2.25. The standard InChI is InChI=1S/C14H22FN3/c1-11-8-13(5-7-17-11)10-18(12(2)15)14-4-3-6-16-9-14/h5,7-8,12,14,16H,3-4,6,9-10H2,1-2H3/t12?,14-/m0/s1. The van der Waals surface area contributed by atoms with Crippen molar-refractivity contribution in [1.82, 2.24) is 15.2 Å². The maximum absolute atomic E-state index is 13.8. The van der Waals surface area contributed by atoms with Crippen LogP contribution in [0.15, 0.2) is 18.3 Å². The fourth-order valence-corrected chi connectivity index (χ4v) is 2.58. The molecule has 0 bridgehead atoms. The summed E-state index contributed by atoms with van der Waals surface area (Å²) in [6, 6.07) is 4.30. The number of nitrogens with one attached hydrogen (secondary N) is 1. The van der Waals surface area contributed by atoms with Crippen LogP contribution < -0.4 is 5.32 Å². The van der Waals surface area contributed by atoms with Crippen LogP contribution in [0.2, 0.25) is 0 Å².